The molecule has 0 aliphatic rings. The maximum absolute atomic E-state index is 5.10. The minimum absolute atomic E-state index is 0.637. The van der Waals surface area contributed by atoms with Crippen molar-refractivity contribution in [2.24, 2.45) is 9.98 Å². The van der Waals surface area contributed by atoms with Gasteiger partial charge in [0.1, 0.15) is 11.5 Å². The Kier molecular flexibility index (Phi) is 9.33. The molecule has 7 heteroatoms. The van der Waals surface area contributed by atoms with Crippen molar-refractivity contribution in [1.82, 2.24) is 0 Å². The van der Waals surface area contributed by atoms with Crippen molar-refractivity contribution in [1.29, 1.82) is 0 Å². The van der Waals surface area contributed by atoms with Crippen molar-refractivity contribution in [3.8, 4) is 0 Å². The predicted octanol–water partition coefficient (Wildman–Crippen LogP) is 3.79. The average molecular weight is 353 g/mol. The van der Waals surface area contributed by atoms with Crippen molar-refractivity contribution < 1.29 is 24.0 Å². The van der Waals surface area contributed by atoms with Crippen molar-refractivity contribution >= 4 is 31.8 Å². The van der Waals surface area contributed by atoms with Crippen LogP contribution in [0.4, 0.5) is 0 Å². The summed E-state index contributed by atoms with van der Waals surface area (Å²) in [6, 6.07) is 7.37. The first-order valence-corrected chi connectivity index (χ1v) is 13.3. The van der Waals surface area contributed by atoms with Crippen LogP contribution in [0, 0.1) is 0 Å². The van der Waals surface area contributed by atoms with Crippen LogP contribution in [0.1, 0.15) is 11.5 Å². The van der Waals surface area contributed by atoms with E-state index in [4.69, 9.17) is 28.2 Å². The Morgan fingerprint density at radius 1 is 0.947 bits per heavy atom. The number of aliphatic imine (C=N–C) groups is 2. The molecule has 2 aromatic heterocycles. The summed E-state index contributed by atoms with van der Waals surface area (Å²) >= 11 is -0.931. The van der Waals surface area contributed by atoms with Crippen molar-refractivity contribution in [3.63, 3.8) is 0 Å². The summed E-state index contributed by atoms with van der Waals surface area (Å²) in [6.07, 6.45) is 6.64. The van der Waals surface area contributed by atoms with Gasteiger partial charge in [0.15, 0.2) is 0 Å². The molecule has 0 radical (unpaired) electrons. The SMILES string of the molecule is C(=NCCN=Cc1ccco1)c1ccco1.[Cl][Zn][Cl]. The normalized spacial score (nSPS) is 10.4. The van der Waals surface area contributed by atoms with Gasteiger partial charge in [-0.3, -0.25) is 9.98 Å². The van der Waals surface area contributed by atoms with Crippen LogP contribution in [0.15, 0.2) is 55.6 Å². The van der Waals surface area contributed by atoms with E-state index >= 15 is 0 Å². The van der Waals surface area contributed by atoms with Crippen LogP contribution >= 0.6 is 19.4 Å². The molecule has 0 spiro atoms. The molecule has 0 aliphatic carbocycles. The van der Waals surface area contributed by atoms with Crippen LogP contribution in [-0.4, -0.2) is 25.5 Å². The summed E-state index contributed by atoms with van der Waals surface area (Å²) in [5.74, 6) is 1.52. The van der Waals surface area contributed by atoms with Crippen LogP contribution in [0.5, 0.6) is 0 Å². The first kappa shape index (κ1) is 16.2. The second kappa shape index (κ2) is 11.0. The zero-order valence-electron chi connectivity index (χ0n) is 10.2. The molecule has 0 aromatic carbocycles. The first-order valence-electron chi connectivity index (χ1n) is 5.55. The standard InChI is InChI=1S/C12H12N2O2.2ClH.Zn/c1-3-11(15-7-1)9-13-5-6-14-10-12-4-2-8-16-12;;;/h1-4,7-10H,5-6H2;2*1H;/q;;;+2/p-2. The van der Waals surface area contributed by atoms with Crippen LogP contribution < -0.4 is 0 Å². The Morgan fingerprint density at radius 2 is 1.37 bits per heavy atom. The van der Waals surface area contributed by atoms with E-state index in [1.165, 1.54) is 0 Å². The Morgan fingerprint density at radius 3 is 1.68 bits per heavy atom. The van der Waals surface area contributed by atoms with Gasteiger partial charge in [-0.25, -0.2) is 0 Å². The minimum atomic E-state index is -0.931. The van der Waals surface area contributed by atoms with E-state index in [2.05, 4.69) is 9.98 Å². The molecule has 98 valence electrons. The Bertz CT molecular complexity index is 426. The summed E-state index contributed by atoms with van der Waals surface area (Å²) in [4.78, 5) is 8.34. The molecule has 0 amide bonds. The molecule has 2 heterocycles. The van der Waals surface area contributed by atoms with E-state index in [9.17, 15) is 0 Å². The Labute approximate surface area is 127 Å². The number of nitrogens with zero attached hydrogens (tertiary/aromatic N) is 2. The number of hydrogen-bond donors (Lipinski definition) is 0. The van der Waals surface area contributed by atoms with Crippen LogP contribution in [0.2, 0.25) is 0 Å². The van der Waals surface area contributed by atoms with Crippen LogP contribution in [-0.2, 0) is 15.1 Å². The number of rotatable bonds is 5. The molecule has 0 fully saturated rings. The Hall–Kier alpha value is -0.897. The second-order valence-electron chi connectivity index (χ2n) is 3.20. The predicted molar refractivity (Wildman–Crippen MR) is 74.0 cm³/mol. The molecule has 0 saturated heterocycles. The van der Waals surface area contributed by atoms with Crippen molar-refractivity contribution in [2.45, 2.75) is 0 Å². The van der Waals surface area contributed by atoms with Gasteiger partial charge in [-0.1, -0.05) is 0 Å². The van der Waals surface area contributed by atoms with Crippen LogP contribution in [0.25, 0.3) is 0 Å². The quantitative estimate of drug-likeness (QED) is 0.467. The zero-order chi connectivity index (χ0) is 13.8. The van der Waals surface area contributed by atoms with Crippen molar-refractivity contribution in [2.75, 3.05) is 13.1 Å². The molecule has 2 rings (SSSR count). The van der Waals surface area contributed by atoms with Gasteiger partial charge in [0.2, 0.25) is 0 Å². The molecule has 0 N–H and O–H groups in total. The van der Waals surface area contributed by atoms with Gasteiger partial charge in [0, 0.05) is 0 Å². The fourth-order valence-corrected chi connectivity index (χ4v) is 1.15. The fraction of sp³-hybridized carbons (Fsp3) is 0.167. The van der Waals surface area contributed by atoms with Crippen LogP contribution in [0.3, 0.4) is 0 Å². The zero-order valence-corrected chi connectivity index (χ0v) is 14.7. The average Bonchev–Trinajstić information content (AvgIpc) is 3.08. The van der Waals surface area contributed by atoms with E-state index < -0.39 is 15.1 Å². The molecule has 19 heavy (non-hydrogen) atoms. The molecule has 2 aromatic rings. The van der Waals surface area contributed by atoms with E-state index in [0.717, 1.165) is 11.5 Å². The van der Waals surface area contributed by atoms with E-state index in [1.54, 1.807) is 25.0 Å². The molecule has 0 aliphatic heterocycles. The number of halogens is 2. The molecular weight excluding hydrogens is 340 g/mol. The van der Waals surface area contributed by atoms with E-state index in [0.29, 0.717) is 13.1 Å². The molecule has 0 unspecified atom stereocenters. The number of furan rings is 2. The molecule has 0 bridgehead atoms. The van der Waals surface area contributed by atoms with Gasteiger partial charge < -0.3 is 8.83 Å². The second-order valence-corrected chi connectivity index (χ2v) is 7.83. The van der Waals surface area contributed by atoms with Gasteiger partial charge >= 0.3 is 34.5 Å². The molecule has 4 nitrogen and oxygen atoms in total. The molecule has 0 saturated carbocycles. The summed E-state index contributed by atoms with van der Waals surface area (Å²) < 4.78 is 10.2. The molecular formula is C12H12Cl2N2O2Zn. The monoisotopic (exact) mass is 350 g/mol. The third kappa shape index (κ3) is 7.99. The van der Waals surface area contributed by atoms with E-state index in [1.807, 2.05) is 24.3 Å². The number of hydrogen-bond acceptors (Lipinski definition) is 4. The maximum atomic E-state index is 5.10. The fourth-order valence-electron chi connectivity index (χ4n) is 1.15. The van der Waals surface area contributed by atoms with Gasteiger partial charge in [-0.05, 0) is 24.3 Å². The van der Waals surface area contributed by atoms with E-state index in [-0.39, 0.29) is 0 Å². The third-order valence-corrected chi connectivity index (χ3v) is 1.88. The topological polar surface area (TPSA) is 51.0 Å². The third-order valence-electron chi connectivity index (χ3n) is 1.88. The van der Waals surface area contributed by atoms with Gasteiger partial charge in [0.25, 0.3) is 0 Å². The summed E-state index contributed by atoms with van der Waals surface area (Å²) in [5.41, 5.74) is 0. The van der Waals surface area contributed by atoms with Gasteiger partial charge in [0.05, 0.1) is 38.0 Å². The van der Waals surface area contributed by atoms with Gasteiger partial charge in [-0.15, -0.1) is 0 Å². The van der Waals surface area contributed by atoms with Gasteiger partial charge in [-0.2, -0.15) is 0 Å². The summed E-state index contributed by atoms with van der Waals surface area (Å²) in [6.45, 7) is 1.27. The molecule has 0 atom stereocenters. The summed E-state index contributed by atoms with van der Waals surface area (Å²) in [5, 5.41) is 0. The first-order chi connectivity index (χ1) is 9.36. The Balaban J connectivity index is 0.000000550. The van der Waals surface area contributed by atoms with Crippen molar-refractivity contribution in [3.05, 3.63) is 48.3 Å². The summed E-state index contributed by atoms with van der Waals surface area (Å²) in [7, 11) is 9.90.